The molecule has 0 aliphatic carbocycles. The quantitative estimate of drug-likeness (QED) is 0.611. The van der Waals surface area contributed by atoms with Gasteiger partial charge >= 0.3 is 0 Å². The van der Waals surface area contributed by atoms with Crippen molar-refractivity contribution in [3.63, 3.8) is 0 Å². The molecule has 0 amide bonds. The minimum Gasteiger partial charge on any atom is -0.478 e. The Morgan fingerprint density at radius 3 is 2.56 bits per heavy atom. The highest BCUT2D eigenvalue weighted by Gasteiger charge is 2.16. The van der Waals surface area contributed by atoms with Crippen molar-refractivity contribution in [2.75, 3.05) is 19.7 Å². The Morgan fingerprint density at radius 2 is 1.81 bits per heavy atom. The van der Waals surface area contributed by atoms with Gasteiger partial charge in [0, 0.05) is 17.7 Å². The van der Waals surface area contributed by atoms with Crippen LogP contribution in [-0.4, -0.2) is 40.6 Å². The molecule has 1 atom stereocenters. The maximum Gasteiger partial charge on any atom is 0.217 e. The van der Waals surface area contributed by atoms with Crippen molar-refractivity contribution >= 4 is 0 Å². The molecule has 2 aromatic rings. The van der Waals surface area contributed by atoms with Crippen LogP contribution >= 0.6 is 0 Å². The van der Waals surface area contributed by atoms with E-state index < -0.39 is 0 Å². The summed E-state index contributed by atoms with van der Waals surface area (Å²) in [5.41, 5.74) is 1.62. The Morgan fingerprint density at radius 1 is 1.07 bits per heavy atom. The average molecular weight is 372 g/mol. The number of aromatic nitrogens is 2. The fourth-order valence-electron chi connectivity index (χ4n) is 3.64. The molecule has 1 aromatic carbocycles. The molecule has 1 aliphatic rings. The third kappa shape index (κ3) is 5.99. The summed E-state index contributed by atoms with van der Waals surface area (Å²) in [5.74, 6) is 0.997. The first-order valence-corrected chi connectivity index (χ1v) is 10.1. The molecule has 1 aliphatic heterocycles. The summed E-state index contributed by atoms with van der Waals surface area (Å²) < 4.78 is 19.0. The van der Waals surface area contributed by atoms with Crippen molar-refractivity contribution in [1.29, 1.82) is 0 Å². The van der Waals surface area contributed by atoms with Crippen LogP contribution in [0.3, 0.4) is 0 Å². The second-order valence-corrected chi connectivity index (χ2v) is 7.44. The molecule has 0 saturated carbocycles. The summed E-state index contributed by atoms with van der Waals surface area (Å²) in [7, 11) is 0. The van der Waals surface area contributed by atoms with Crippen LogP contribution < -0.4 is 4.74 Å². The van der Waals surface area contributed by atoms with Gasteiger partial charge in [-0.25, -0.2) is 9.37 Å². The summed E-state index contributed by atoms with van der Waals surface area (Å²) in [6, 6.07) is 8.83. The van der Waals surface area contributed by atoms with Gasteiger partial charge in [0.2, 0.25) is 5.88 Å². The Balaban J connectivity index is 1.46. The number of rotatable bonds is 8. The molecule has 1 saturated heterocycles. The molecular formula is C22H30FN3O. The van der Waals surface area contributed by atoms with Crippen molar-refractivity contribution in [2.45, 2.75) is 58.4 Å². The van der Waals surface area contributed by atoms with Crippen molar-refractivity contribution in [3.8, 4) is 17.1 Å². The zero-order chi connectivity index (χ0) is 19.1. The maximum atomic E-state index is 13.1. The highest BCUT2D eigenvalue weighted by molar-refractivity contribution is 5.59. The lowest BCUT2D eigenvalue weighted by Gasteiger charge is -2.32. The van der Waals surface area contributed by atoms with Gasteiger partial charge in [-0.05, 0) is 83.3 Å². The van der Waals surface area contributed by atoms with Crippen LogP contribution in [0.25, 0.3) is 11.3 Å². The lowest BCUT2D eigenvalue weighted by Crippen LogP contribution is -2.37. The van der Waals surface area contributed by atoms with Crippen LogP contribution in [0.5, 0.6) is 5.88 Å². The molecular weight excluding hydrogens is 341 g/mol. The summed E-state index contributed by atoms with van der Waals surface area (Å²) in [6.07, 6.45) is 7.47. The Bertz CT molecular complexity index is 714. The second kappa shape index (κ2) is 9.79. The first kappa shape index (κ1) is 19.7. The van der Waals surface area contributed by atoms with Gasteiger partial charge in [-0.1, -0.05) is 6.42 Å². The van der Waals surface area contributed by atoms with E-state index in [0.29, 0.717) is 24.4 Å². The molecule has 4 nitrogen and oxygen atoms in total. The number of piperidine rings is 1. The van der Waals surface area contributed by atoms with Gasteiger partial charge in [0.25, 0.3) is 0 Å². The second-order valence-electron chi connectivity index (χ2n) is 7.44. The first-order chi connectivity index (χ1) is 13.1. The van der Waals surface area contributed by atoms with Gasteiger partial charge in [-0.2, -0.15) is 4.98 Å². The number of unbranched alkanes of at least 4 members (excludes halogenated alkanes) is 1. The predicted octanol–water partition coefficient (Wildman–Crippen LogP) is 5.01. The molecule has 0 N–H and O–H groups in total. The van der Waals surface area contributed by atoms with E-state index >= 15 is 0 Å². The smallest absolute Gasteiger partial charge is 0.217 e. The minimum absolute atomic E-state index is 0.250. The predicted molar refractivity (Wildman–Crippen MR) is 106 cm³/mol. The van der Waals surface area contributed by atoms with Gasteiger partial charge in [-0.15, -0.1) is 0 Å². The van der Waals surface area contributed by atoms with Crippen LogP contribution in [0.2, 0.25) is 0 Å². The van der Waals surface area contributed by atoms with E-state index in [9.17, 15) is 4.39 Å². The molecule has 5 heteroatoms. The number of likely N-dealkylation sites (tertiary alicyclic amines) is 1. The number of hydrogen-bond acceptors (Lipinski definition) is 4. The third-order valence-corrected chi connectivity index (χ3v) is 5.23. The fraction of sp³-hybridized carbons (Fsp3) is 0.545. The molecule has 0 bridgehead atoms. The van der Waals surface area contributed by atoms with E-state index in [2.05, 4.69) is 21.8 Å². The van der Waals surface area contributed by atoms with E-state index in [1.165, 1.54) is 50.9 Å². The Labute approximate surface area is 161 Å². The maximum absolute atomic E-state index is 13.1. The molecule has 146 valence electrons. The normalized spacial score (nSPS) is 16.3. The lowest BCUT2D eigenvalue weighted by molar-refractivity contribution is 0.162. The van der Waals surface area contributed by atoms with Gasteiger partial charge in [0.15, 0.2) is 0 Å². The Kier molecular flexibility index (Phi) is 7.16. The molecule has 27 heavy (non-hydrogen) atoms. The Hall–Kier alpha value is -2.01. The van der Waals surface area contributed by atoms with Crippen LogP contribution in [-0.2, 0) is 0 Å². The number of ether oxygens (including phenoxy) is 1. The lowest BCUT2D eigenvalue weighted by atomic mass is 10.1. The van der Waals surface area contributed by atoms with Gasteiger partial charge in [0.1, 0.15) is 11.6 Å². The van der Waals surface area contributed by atoms with Crippen molar-refractivity contribution in [2.24, 2.45) is 0 Å². The first-order valence-electron chi connectivity index (χ1n) is 10.1. The van der Waals surface area contributed by atoms with E-state index in [4.69, 9.17) is 4.74 Å². The summed E-state index contributed by atoms with van der Waals surface area (Å²) in [6.45, 7) is 7.36. The largest absolute Gasteiger partial charge is 0.478 e. The topological polar surface area (TPSA) is 38.2 Å². The number of hydrogen-bond donors (Lipinski definition) is 0. The molecule has 3 rings (SSSR count). The highest BCUT2D eigenvalue weighted by atomic mass is 19.1. The van der Waals surface area contributed by atoms with E-state index in [1.54, 1.807) is 12.1 Å². The standard InChI is InChI=1S/C22H30FN3O/c1-17(26-13-5-3-6-14-26)8-4-7-15-27-22-16-21(24-18(2)25-22)19-9-11-20(23)12-10-19/h9-12,16-17H,3-8,13-15H2,1-2H3. The zero-order valence-corrected chi connectivity index (χ0v) is 16.5. The van der Waals surface area contributed by atoms with Crippen molar-refractivity contribution < 1.29 is 9.13 Å². The van der Waals surface area contributed by atoms with E-state index in [0.717, 1.165) is 24.1 Å². The summed E-state index contributed by atoms with van der Waals surface area (Å²) in [4.78, 5) is 11.4. The molecule has 1 aromatic heterocycles. The van der Waals surface area contributed by atoms with E-state index in [-0.39, 0.29) is 5.82 Å². The molecule has 2 heterocycles. The van der Waals surface area contributed by atoms with Crippen LogP contribution in [0.4, 0.5) is 4.39 Å². The zero-order valence-electron chi connectivity index (χ0n) is 16.5. The van der Waals surface area contributed by atoms with Crippen molar-refractivity contribution in [3.05, 3.63) is 42.0 Å². The molecule has 0 spiro atoms. The number of nitrogens with zero attached hydrogens (tertiary/aromatic N) is 3. The van der Waals surface area contributed by atoms with Crippen LogP contribution in [0.1, 0.15) is 51.3 Å². The SMILES string of the molecule is Cc1nc(OCCCCC(C)N2CCCCC2)cc(-c2ccc(F)cc2)n1. The molecule has 0 radical (unpaired) electrons. The number of halogens is 1. The van der Waals surface area contributed by atoms with Gasteiger partial charge in [-0.3, -0.25) is 0 Å². The molecule has 1 fully saturated rings. The number of aryl methyl sites for hydroxylation is 1. The molecule has 1 unspecified atom stereocenters. The highest BCUT2D eigenvalue weighted by Crippen LogP contribution is 2.22. The summed E-state index contributed by atoms with van der Waals surface area (Å²) >= 11 is 0. The third-order valence-electron chi connectivity index (χ3n) is 5.23. The van der Waals surface area contributed by atoms with Gasteiger partial charge < -0.3 is 9.64 Å². The average Bonchev–Trinajstić information content (AvgIpc) is 2.68. The monoisotopic (exact) mass is 371 g/mol. The number of benzene rings is 1. The fourth-order valence-corrected chi connectivity index (χ4v) is 3.64. The van der Waals surface area contributed by atoms with Crippen LogP contribution in [0.15, 0.2) is 30.3 Å². The minimum atomic E-state index is -0.250. The van der Waals surface area contributed by atoms with Crippen molar-refractivity contribution in [1.82, 2.24) is 14.9 Å². The van der Waals surface area contributed by atoms with Gasteiger partial charge in [0.05, 0.1) is 12.3 Å². The summed E-state index contributed by atoms with van der Waals surface area (Å²) in [5, 5.41) is 0. The van der Waals surface area contributed by atoms with E-state index in [1.807, 2.05) is 13.0 Å². The van der Waals surface area contributed by atoms with Crippen LogP contribution in [0, 0.1) is 12.7 Å².